The van der Waals surface area contributed by atoms with Gasteiger partial charge in [0.2, 0.25) is 5.91 Å². The number of hydrogen-bond donors (Lipinski definition) is 0. The van der Waals surface area contributed by atoms with Gasteiger partial charge in [0.1, 0.15) is 0 Å². The lowest BCUT2D eigenvalue weighted by Crippen LogP contribution is -2.23. The first kappa shape index (κ1) is 18.1. The van der Waals surface area contributed by atoms with Gasteiger partial charge >= 0.3 is 0 Å². The first-order valence-electron chi connectivity index (χ1n) is 7.79. The van der Waals surface area contributed by atoms with Crippen LogP contribution in [-0.4, -0.2) is 31.1 Å². The van der Waals surface area contributed by atoms with Crippen LogP contribution in [0, 0.1) is 0 Å². The molecule has 1 aliphatic rings. The van der Waals surface area contributed by atoms with Crippen molar-refractivity contribution >= 4 is 46.5 Å². The van der Waals surface area contributed by atoms with Gasteiger partial charge in [0.25, 0.3) is 0 Å². The molecule has 0 radical (unpaired) electrons. The molecule has 25 heavy (non-hydrogen) atoms. The maximum absolute atomic E-state index is 12.3. The maximum atomic E-state index is 12.3. The lowest BCUT2D eigenvalue weighted by Gasteiger charge is -2.14. The third kappa shape index (κ3) is 4.69. The Balaban J connectivity index is 1.69. The lowest BCUT2D eigenvalue weighted by atomic mass is 10.2. The van der Waals surface area contributed by atoms with Crippen molar-refractivity contribution < 1.29 is 14.3 Å². The molecule has 0 saturated carbocycles. The molecule has 7 heteroatoms. The average molecular weight is 398 g/mol. The first-order valence-corrected chi connectivity index (χ1v) is 9.37. The summed E-state index contributed by atoms with van der Waals surface area (Å²) in [7, 11) is 1.75. The minimum Gasteiger partial charge on any atom is -0.489 e. The van der Waals surface area contributed by atoms with Crippen LogP contribution >= 0.6 is 34.5 Å². The standard InChI is InChI=1S/C18H17Cl2NO3S/c1-21(11-13-4-5-16(20)25-13)17(22)6-3-12-9-14(19)18-15(10-12)23-7-2-8-24-18/h3-6,9-10H,2,7-8,11H2,1H3/b6-3+. The number of carbonyl (C=O) groups excluding carboxylic acids is 1. The van der Waals surface area contributed by atoms with Gasteiger partial charge in [0.15, 0.2) is 11.5 Å². The molecule has 2 aromatic rings. The Kier molecular flexibility index (Phi) is 5.89. The van der Waals surface area contributed by atoms with Crippen LogP contribution in [0.3, 0.4) is 0 Å². The Hall–Kier alpha value is -1.69. The minimum atomic E-state index is -0.104. The lowest BCUT2D eigenvalue weighted by molar-refractivity contribution is -0.125. The molecule has 0 saturated heterocycles. The van der Waals surface area contributed by atoms with E-state index >= 15 is 0 Å². The van der Waals surface area contributed by atoms with Gasteiger partial charge < -0.3 is 14.4 Å². The Labute approximate surface area is 160 Å². The van der Waals surface area contributed by atoms with Gasteiger partial charge in [0.05, 0.1) is 29.1 Å². The van der Waals surface area contributed by atoms with Gasteiger partial charge in [-0.2, -0.15) is 0 Å². The number of likely N-dealkylation sites (N-methyl/N-ethyl adjacent to an activating group) is 1. The molecule has 0 atom stereocenters. The average Bonchev–Trinajstić information content (AvgIpc) is 2.84. The van der Waals surface area contributed by atoms with Crippen LogP contribution in [0.2, 0.25) is 9.36 Å². The fraction of sp³-hybridized carbons (Fsp3) is 0.278. The van der Waals surface area contributed by atoms with Crippen LogP contribution in [0.15, 0.2) is 30.3 Å². The smallest absolute Gasteiger partial charge is 0.246 e. The third-order valence-electron chi connectivity index (χ3n) is 3.64. The summed E-state index contributed by atoms with van der Waals surface area (Å²) in [6.07, 6.45) is 4.05. The molecule has 0 aliphatic carbocycles. The molecule has 0 unspecified atom stereocenters. The number of carbonyl (C=O) groups is 1. The monoisotopic (exact) mass is 397 g/mol. The Bertz CT molecular complexity index is 804. The Morgan fingerprint density at radius 1 is 1.28 bits per heavy atom. The number of nitrogens with zero attached hydrogens (tertiary/aromatic N) is 1. The first-order chi connectivity index (χ1) is 12.0. The highest BCUT2D eigenvalue weighted by atomic mass is 35.5. The summed E-state index contributed by atoms with van der Waals surface area (Å²) in [5.74, 6) is 1.07. The summed E-state index contributed by atoms with van der Waals surface area (Å²) in [5.41, 5.74) is 0.787. The van der Waals surface area contributed by atoms with E-state index in [4.69, 9.17) is 32.7 Å². The molecule has 0 bridgehead atoms. The fourth-order valence-corrected chi connectivity index (χ4v) is 3.80. The zero-order chi connectivity index (χ0) is 17.8. The number of halogens is 2. The molecule has 1 aliphatic heterocycles. The van der Waals surface area contributed by atoms with Crippen LogP contribution in [-0.2, 0) is 11.3 Å². The molecule has 0 N–H and O–H groups in total. The molecule has 1 aromatic carbocycles. The van der Waals surface area contributed by atoms with E-state index in [0.717, 1.165) is 16.9 Å². The zero-order valence-corrected chi connectivity index (χ0v) is 16.0. The largest absolute Gasteiger partial charge is 0.489 e. The molecule has 0 spiro atoms. The zero-order valence-electron chi connectivity index (χ0n) is 13.6. The second-order valence-corrected chi connectivity index (χ2v) is 7.82. The third-order valence-corrected chi connectivity index (χ3v) is 5.14. The van der Waals surface area contributed by atoms with Crippen molar-refractivity contribution in [3.63, 3.8) is 0 Å². The van der Waals surface area contributed by atoms with Crippen molar-refractivity contribution in [2.75, 3.05) is 20.3 Å². The van der Waals surface area contributed by atoms with Crippen molar-refractivity contribution in [1.82, 2.24) is 4.90 Å². The summed E-state index contributed by atoms with van der Waals surface area (Å²) < 4.78 is 12.0. The number of rotatable bonds is 4. The molecule has 1 amide bonds. The van der Waals surface area contributed by atoms with E-state index in [-0.39, 0.29) is 5.91 Å². The van der Waals surface area contributed by atoms with Crippen molar-refractivity contribution in [3.8, 4) is 11.5 Å². The number of thiophene rings is 1. The second kappa shape index (κ2) is 8.13. The van der Waals surface area contributed by atoms with Gasteiger partial charge in [-0.1, -0.05) is 23.2 Å². The molecule has 1 aromatic heterocycles. The normalized spacial score (nSPS) is 13.7. The molecule has 132 valence electrons. The molecular formula is C18H17Cl2NO3S. The van der Waals surface area contributed by atoms with Crippen LogP contribution in [0.1, 0.15) is 16.9 Å². The summed E-state index contributed by atoms with van der Waals surface area (Å²) in [6, 6.07) is 7.34. The van der Waals surface area contributed by atoms with E-state index in [1.807, 2.05) is 18.2 Å². The number of benzene rings is 1. The summed E-state index contributed by atoms with van der Waals surface area (Å²) in [6.45, 7) is 1.68. The molecular weight excluding hydrogens is 381 g/mol. The highest BCUT2D eigenvalue weighted by Crippen LogP contribution is 2.38. The predicted molar refractivity (Wildman–Crippen MR) is 102 cm³/mol. The maximum Gasteiger partial charge on any atom is 0.246 e. The quantitative estimate of drug-likeness (QED) is 0.689. The Morgan fingerprint density at radius 2 is 2.08 bits per heavy atom. The van der Waals surface area contributed by atoms with Crippen molar-refractivity contribution in [3.05, 3.63) is 50.1 Å². The van der Waals surface area contributed by atoms with Gasteiger partial charge in [-0.25, -0.2) is 0 Å². The van der Waals surface area contributed by atoms with Crippen LogP contribution < -0.4 is 9.47 Å². The van der Waals surface area contributed by atoms with Crippen molar-refractivity contribution in [2.45, 2.75) is 13.0 Å². The van der Waals surface area contributed by atoms with E-state index in [0.29, 0.717) is 40.6 Å². The number of fused-ring (bicyclic) bond motifs is 1. The van der Waals surface area contributed by atoms with Gasteiger partial charge in [-0.3, -0.25) is 4.79 Å². The summed E-state index contributed by atoms with van der Waals surface area (Å²) >= 11 is 13.6. The van der Waals surface area contributed by atoms with Gasteiger partial charge in [-0.15, -0.1) is 11.3 Å². The van der Waals surface area contributed by atoms with Crippen molar-refractivity contribution in [1.29, 1.82) is 0 Å². The molecule has 4 nitrogen and oxygen atoms in total. The van der Waals surface area contributed by atoms with E-state index in [1.54, 1.807) is 24.1 Å². The molecule has 3 rings (SSSR count). The second-order valence-electron chi connectivity index (χ2n) is 5.61. The number of ether oxygens (including phenoxy) is 2. The number of amides is 1. The highest BCUT2D eigenvalue weighted by Gasteiger charge is 2.15. The predicted octanol–water partition coefficient (Wildman–Crippen LogP) is 4.89. The summed E-state index contributed by atoms with van der Waals surface area (Å²) in [5, 5.41) is 0.480. The topological polar surface area (TPSA) is 38.8 Å². The molecule has 0 fully saturated rings. The van der Waals surface area contributed by atoms with Gasteiger partial charge in [-0.05, 0) is 35.9 Å². The van der Waals surface area contributed by atoms with Gasteiger partial charge in [0, 0.05) is 24.4 Å². The van der Waals surface area contributed by atoms with Crippen molar-refractivity contribution in [2.24, 2.45) is 0 Å². The molecule has 2 heterocycles. The minimum absolute atomic E-state index is 0.104. The van der Waals surface area contributed by atoms with E-state index in [1.165, 1.54) is 17.4 Å². The number of hydrogen-bond acceptors (Lipinski definition) is 4. The van der Waals surface area contributed by atoms with E-state index in [9.17, 15) is 4.79 Å². The summed E-state index contributed by atoms with van der Waals surface area (Å²) in [4.78, 5) is 14.9. The van der Waals surface area contributed by atoms with Crippen LogP contribution in [0.4, 0.5) is 0 Å². The van der Waals surface area contributed by atoms with Crippen LogP contribution in [0.5, 0.6) is 11.5 Å². The van der Waals surface area contributed by atoms with Crippen LogP contribution in [0.25, 0.3) is 6.08 Å². The SMILES string of the molecule is CN(Cc1ccc(Cl)s1)C(=O)/C=C/c1cc(Cl)c2c(c1)OCCCO2. The highest BCUT2D eigenvalue weighted by molar-refractivity contribution is 7.16. The van der Waals surface area contributed by atoms with E-state index in [2.05, 4.69) is 0 Å². The van der Waals surface area contributed by atoms with E-state index < -0.39 is 0 Å². The fourth-order valence-electron chi connectivity index (χ4n) is 2.39. The Morgan fingerprint density at radius 3 is 2.84 bits per heavy atom.